The van der Waals surface area contributed by atoms with Crippen LogP contribution < -0.4 is 0 Å². The largest absolute Gasteiger partial charge is 0.393 e. The minimum absolute atomic E-state index is 0.0936. The van der Waals surface area contributed by atoms with Crippen LogP contribution in [-0.2, 0) is 0 Å². The van der Waals surface area contributed by atoms with Gasteiger partial charge < -0.3 is 10.2 Å². The van der Waals surface area contributed by atoms with Crippen LogP contribution in [0.25, 0.3) is 0 Å². The highest BCUT2D eigenvalue weighted by molar-refractivity contribution is 4.94. The van der Waals surface area contributed by atoms with E-state index in [1.807, 2.05) is 6.92 Å². The summed E-state index contributed by atoms with van der Waals surface area (Å²) in [5.41, 5.74) is 0.0936. The van der Waals surface area contributed by atoms with E-state index in [2.05, 4.69) is 20.8 Å². The summed E-state index contributed by atoms with van der Waals surface area (Å²) in [6.45, 7) is 8.39. The zero-order valence-corrected chi connectivity index (χ0v) is 8.41. The van der Waals surface area contributed by atoms with Crippen molar-refractivity contribution < 1.29 is 10.2 Å². The monoisotopic (exact) mass is 172 g/mol. The van der Waals surface area contributed by atoms with Crippen molar-refractivity contribution in [2.24, 2.45) is 17.3 Å². The number of aliphatic hydroxyl groups is 2. The Labute approximate surface area is 74.6 Å². The second kappa shape index (κ2) is 3.00. The lowest BCUT2D eigenvalue weighted by molar-refractivity contribution is 0.0449. The lowest BCUT2D eigenvalue weighted by atomic mass is 9.74. The predicted molar refractivity (Wildman–Crippen MR) is 48.7 cm³/mol. The van der Waals surface area contributed by atoms with Gasteiger partial charge in [-0.25, -0.2) is 0 Å². The summed E-state index contributed by atoms with van der Waals surface area (Å²) >= 11 is 0. The molecule has 1 aliphatic carbocycles. The Hall–Kier alpha value is -0.0800. The Bertz CT molecular complexity index is 160. The highest BCUT2D eigenvalue weighted by Gasteiger charge is 2.44. The molecule has 0 heterocycles. The van der Waals surface area contributed by atoms with Gasteiger partial charge in [-0.15, -0.1) is 0 Å². The van der Waals surface area contributed by atoms with Crippen LogP contribution in [0.15, 0.2) is 0 Å². The average Bonchev–Trinajstić information content (AvgIpc) is 2.05. The van der Waals surface area contributed by atoms with E-state index in [1.165, 1.54) is 0 Å². The van der Waals surface area contributed by atoms with Gasteiger partial charge in [-0.05, 0) is 23.7 Å². The van der Waals surface area contributed by atoms with Crippen molar-refractivity contribution in [1.82, 2.24) is 0 Å². The van der Waals surface area contributed by atoms with Crippen molar-refractivity contribution in [1.29, 1.82) is 0 Å². The van der Waals surface area contributed by atoms with Crippen LogP contribution in [-0.4, -0.2) is 22.4 Å². The molecule has 0 bridgehead atoms. The summed E-state index contributed by atoms with van der Waals surface area (Å²) in [6.07, 6.45) is -0.0949. The highest BCUT2D eigenvalue weighted by atomic mass is 16.3. The molecule has 2 heteroatoms. The SMILES string of the molecule is C[C@@H]1[C@H](C(C)(C)C)[C@@H](O)C[C@H]1O. The third-order valence-corrected chi connectivity index (χ3v) is 3.07. The number of rotatable bonds is 0. The van der Waals surface area contributed by atoms with Crippen molar-refractivity contribution in [3.05, 3.63) is 0 Å². The minimum atomic E-state index is -0.324. The molecule has 0 unspecified atom stereocenters. The summed E-state index contributed by atoms with van der Waals surface area (Å²) in [4.78, 5) is 0. The zero-order chi connectivity index (χ0) is 9.52. The molecule has 0 aliphatic heterocycles. The number of hydrogen-bond donors (Lipinski definition) is 2. The van der Waals surface area contributed by atoms with Crippen molar-refractivity contribution in [3.63, 3.8) is 0 Å². The summed E-state index contributed by atoms with van der Waals surface area (Å²) in [7, 11) is 0. The van der Waals surface area contributed by atoms with Gasteiger partial charge in [0, 0.05) is 0 Å². The van der Waals surface area contributed by atoms with Crippen LogP contribution in [0.5, 0.6) is 0 Å². The molecule has 1 saturated carbocycles. The molecule has 2 nitrogen and oxygen atoms in total. The molecule has 0 aromatic heterocycles. The van der Waals surface area contributed by atoms with Gasteiger partial charge in [-0.1, -0.05) is 27.7 Å². The fourth-order valence-corrected chi connectivity index (χ4v) is 2.56. The summed E-state index contributed by atoms with van der Waals surface area (Å²) in [5, 5.41) is 19.2. The number of hydrogen-bond acceptors (Lipinski definition) is 2. The Kier molecular flexibility index (Phi) is 2.50. The average molecular weight is 172 g/mol. The maximum absolute atomic E-state index is 9.71. The van der Waals surface area contributed by atoms with Crippen molar-refractivity contribution in [2.75, 3.05) is 0 Å². The van der Waals surface area contributed by atoms with E-state index >= 15 is 0 Å². The first-order chi connectivity index (χ1) is 5.34. The fraction of sp³-hybridized carbons (Fsp3) is 1.00. The molecule has 1 fully saturated rings. The minimum Gasteiger partial charge on any atom is -0.393 e. The molecule has 72 valence electrons. The Morgan fingerprint density at radius 2 is 1.58 bits per heavy atom. The first kappa shape index (κ1) is 10.0. The van der Waals surface area contributed by atoms with E-state index in [1.54, 1.807) is 0 Å². The van der Waals surface area contributed by atoms with E-state index in [9.17, 15) is 10.2 Å². The van der Waals surface area contributed by atoms with E-state index in [4.69, 9.17) is 0 Å². The quantitative estimate of drug-likeness (QED) is 0.580. The first-order valence-corrected chi connectivity index (χ1v) is 4.70. The molecular weight excluding hydrogens is 152 g/mol. The highest BCUT2D eigenvalue weighted by Crippen LogP contribution is 2.43. The van der Waals surface area contributed by atoms with E-state index in [0.29, 0.717) is 6.42 Å². The molecule has 1 aliphatic rings. The molecule has 0 spiro atoms. The lowest BCUT2D eigenvalue weighted by Gasteiger charge is -2.33. The van der Waals surface area contributed by atoms with Crippen LogP contribution in [0, 0.1) is 17.3 Å². The van der Waals surface area contributed by atoms with Gasteiger partial charge in [0.15, 0.2) is 0 Å². The third-order valence-electron chi connectivity index (χ3n) is 3.07. The Morgan fingerprint density at radius 1 is 1.08 bits per heavy atom. The van der Waals surface area contributed by atoms with Crippen LogP contribution in [0.1, 0.15) is 34.1 Å². The third kappa shape index (κ3) is 1.64. The van der Waals surface area contributed by atoms with Gasteiger partial charge in [0.05, 0.1) is 12.2 Å². The maximum atomic E-state index is 9.71. The molecule has 2 N–H and O–H groups in total. The van der Waals surface area contributed by atoms with Gasteiger partial charge >= 0.3 is 0 Å². The normalized spacial score (nSPS) is 43.5. The van der Waals surface area contributed by atoms with E-state index in [-0.39, 0.29) is 29.5 Å². The van der Waals surface area contributed by atoms with Gasteiger partial charge in [-0.2, -0.15) is 0 Å². The molecule has 0 saturated heterocycles. The number of aliphatic hydroxyl groups excluding tert-OH is 2. The van der Waals surface area contributed by atoms with Crippen LogP contribution in [0.2, 0.25) is 0 Å². The van der Waals surface area contributed by atoms with Gasteiger partial charge in [0.25, 0.3) is 0 Å². The van der Waals surface area contributed by atoms with Crippen LogP contribution in [0.3, 0.4) is 0 Å². The first-order valence-electron chi connectivity index (χ1n) is 4.70. The maximum Gasteiger partial charge on any atom is 0.0601 e. The van der Waals surface area contributed by atoms with E-state index < -0.39 is 0 Å². The summed E-state index contributed by atoms with van der Waals surface area (Å²) < 4.78 is 0. The second-order valence-electron chi connectivity index (χ2n) is 5.12. The molecule has 1 rings (SSSR count). The van der Waals surface area contributed by atoms with Crippen molar-refractivity contribution in [2.45, 2.75) is 46.3 Å². The standard InChI is InChI=1S/C10H20O2/c1-6-7(11)5-8(12)9(6)10(2,3)4/h6-9,11-12H,5H2,1-4H3/t6-,7+,8-,9-/m0/s1. The van der Waals surface area contributed by atoms with E-state index in [0.717, 1.165) is 0 Å². The predicted octanol–water partition coefficient (Wildman–Crippen LogP) is 1.41. The van der Waals surface area contributed by atoms with Gasteiger partial charge in [0.2, 0.25) is 0 Å². The van der Waals surface area contributed by atoms with Crippen molar-refractivity contribution >= 4 is 0 Å². The Morgan fingerprint density at radius 3 is 1.75 bits per heavy atom. The van der Waals surface area contributed by atoms with Crippen molar-refractivity contribution in [3.8, 4) is 0 Å². The molecule has 12 heavy (non-hydrogen) atoms. The van der Waals surface area contributed by atoms with Gasteiger partial charge in [0.1, 0.15) is 0 Å². The molecular formula is C10H20O2. The molecule has 0 aromatic carbocycles. The summed E-state index contributed by atoms with van der Waals surface area (Å²) in [6, 6.07) is 0. The zero-order valence-electron chi connectivity index (χ0n) is 8.41. The van der Waals surface area contributed by atoms with Gasteiger partial charge in [-0.3, -0.25) is 0 Å². The smallest absolute Gasteiger partial charge is 0.0601 e. The second-order valence-corrected chi connectivity index (χ2v) is 5.12. The molecule has 0 amide bonds. The molecule has 4 atom stereocenters. The Balaban J connectivity index is 2.77. The van der Waals surface area contributed by atoms with Crippen LogP contribution >= 0.6 is 0 Å². The molecule has 0 aromatic rings. The summed E-state index contributed by atoms with van der Waals surface area (Å²) in [5.74, 6) is 0.451. The molecule has 0 radical (unpaired) electrons. The lowest BCUT2D eigenvalue weighted by Crippen LogP contribution is -2.32. The fourth-order valence-electron chi connectivity index (χ4n) is 2.56. The topological polar surface area (TPSA) is 40.5 Å². The van der Waals surface area contributed by atoms with Crippen LogP contribution in [0.4, 0.5) is 0 Å².